The minimum Gasteiger partial charge on any atom is -0.346 e. The molecule has 1 aromatic heterocycles. The molecule has 0 N–H and O–H groups in total. The van der Waals surface area contributed by atoms with Crippen molar-refractivity contribution in [3.8, 4) is 0 Å². The Bertz CT molecular complexity index is 501. The van der Waals surface area contributed by atoms with E-state index < -0.39 is 0 Å². The van der Waals surface area contributed by atoms with Gasteiger partial charge in [0.1, 0.15) is 5.78 Å². The standard InChI is InChI=1S/C12H12BrNO/c1-9(15)6-7-14-8-11(13)10-4-2-3-5-12(10)14/h2-5,8H,6-7H2,1H3. The average Bonchev–Trinajstić information content (AvgIpc) is 2.54. The number of benzene rings is 1. The van der Waals surface area contributed by atoms with Crippen molar-refractivity contribution in [3.63, 3.8) is 0 Å². The average molecular weight is 266 g/mol. The number of para-hydroxylation sites is 1. The predicted molar refractivity (Wildman–Crippen MR) is 64.9 cm³/mol. The molecule has 1 aromatic carbocycles. The third kappa shape index (κ3) is 2.12. The minimum atomic E-state index is 0.226. The Hall–Kier alpha value is -1.09. The summed E-state index contributed by atoms with van der Waals surface area (Å²) in [6, 6.07) is 8.17. The van der Waals surface area contributed by atoms with E-state index >= 15 is 0 Å². The molecule has 0 saturated heterocycles. The van der Waals surface area contributed by atoms with E-state index in [0.29, 0.717) is 6.42 Å². The van der Waals surface area contributed by atoms with Crippen LogP contribution in [0.1, 0.15) is 13.3 Å². The molecule has 1 heterocycles. The van der Waals surface area contributed by atoms with Gasteiger partial charge in [-0.3, -0.25) is 4.79 Å². The van der Waals surface area contributed by atoms with E-state index in [2.05, 4.69) is 32.6 Å². The fraction of sp³-hybridized carbons (Fsp3) is 0.250. The van der Waals surface area contributed by atoms with Gasteiger partial charge >= 0.3 is 0 Å². The molecule has 0 aliphatic rings. The SMILES string of the molecule is CC(=O)CCn1cc(Br)c2ccccc21. The summed E-state index contributed by atoms with van der Waals surface area (Å²) in [6.07, 6.45) is 2.62. The van der Waals surface area contributed by atoms with Gasteiger partial charge in [-0.25, -0.2) is 0 Å². The van der Waals surface area contributed by atoms with E-state index in [1.54, 1.807) is 6.92 Å². The Morgan fingerprint density at radius 3 is 2.87 bits per heavy atom. The van der Waals surface area contributed by atoms with Crippen LogP contribution in [0.2, 0.25) is 0 Å². The van der Waals surface area contributed by atoms with Gasteiger partial charge < -0.3 is 4.57 Å². The van der Waals surface area contributed by atoms with Gasteiger partial charge in [0.25, 0.3) is 0 Å². The van der Waals surface area contributed by atoms with E-state index in [1.165, 1.54) is 10.9 Å². The van der Waals surface area contributed by atoms with Crippen molar-refractivity contribution in [2.75, 3.05) is 0 Å². The minimum absolute atomic E-state index is 0.226. The number of nitrogens with zero attached hydrogens (tertiary/aromatic N) is 1. The summed E-state index contributed by atoms with van der Waals surface area (Å²) >= 11 is 3.52. The molecule has 0 spiro atoms. The summed E-state index contributed by atoms with van der Waals surface area (Å²) in [5.41, 5.74) is 1.17. The zero-order valence-corrected chi connectivity index (χ0v) is 10.1. The molecule has 2 nitrogen and oxygen atoms in total. The Labute approximate surface area is 97.0 Å². The van der Waals surface area contributed by atoms with Gasteiger partial charge in [-0.15, -0.1) is 0 Å². The topological polar surface area (TPSA) is 22.0 Å². The molecule has 15 heavy (non-hydrogen) atoms. The van der Waals surface area contributed by atoms with Gasteiger partial charge in [-0.05, 0) is 28.9 Å². The number of fused-ring (bicyclic) bond motifs is 1. The molecule has 0 fully saturated rings. The molecule has 0 amide bonds. The Morgan fingerprint density at radius 2 is 2.13 bits per heavy atom. The van der Waals surface area contributed by atoms with Crippen molar-refractivity contribution in [1.29, 1.82) is 0 Å². The largest absolute Gasteiger partial charge is 0.346 e. The number of halogens is 1. The van der Waals surface area contributed by atoms with Crippen LogP contribution in [-0.4, -0.2) is 10.4 Å². The lowest BCUT2D eigenvalue weighted by atomic mass is 10.2. The zero-order valence-electron chi connectivity index (χ0n) is 8.53. The highest BCUT2D eigenvalue weighted by molar-refractivity contribution is 9.10. The molecule has 3 heteroatoms. The predicted octanol–water partition coefficient (Wildman–Crippen LogP) is 3.38. The number of rotatable bonds is 3. The summed E-state index contributed by atoms with van der Waals surface area (Å²) in [6.45, 7) is 2.38. The Balaban J connectivity index is 2.39. The lowest BCUT2D eigenvalue weighted by Gasteiger charge is -2.02. The molecule has 0 atom stereocenters. The van der Waals surface area contributed by atoms with Gasteiger partial charge in [0.15, 0.2) is 0 Å². The second-order valence-electron chi connectivity index (χ2n) is 3.64. The maximum Gasteiger partial charge on any atom is 0.131 e. The number of hydrogen-bond donors (Lipinski definition) is 0. The first-order valence-corrected chi connectivity index (χ1v) is 5.70. The summed E-state index contributed by atoms with van der Waals surface area (Å²) in [4.78, 5) is 10.9. The highest BCUT2D eigenvalue weighted by Crippen LogP contribution is 2.25. The van der Waals surface area contributed by atoms with Crippen molar-refractivity contribution >= 4 is 32.6 Å². The molecule has 0 radical (unpaired) electrons. The van der Waals surface area contributed by atoms with E-state index in [-0.39, 0.29) is 5.78 Å². The fourth-order valence-corrected chi connectivity index (χ4v) is 2.25. The molecule has 0 unspecified atom stereocenters. The number of hydrogen-bond acceptors (Lipinski definition) is 1. The first kappa shape index (κ1) is 10.4. The summed E-state index contributed by atoms with van der Waals surface area (Å²) in [5.74, 6) is 0.226. The number of aromatic nitrogens is 1. The number of carbonyl (C=O) groups excluding carboxylic acids is 1. The molecule has 0 aliphatic carbocycles. The molecular formula is C12H12BrNO. The molecule has 2 aromatic rings. The monoisotopic (exact) mass is 265 g/mol. The van der Waals surface area contributed by atoms with Crippen LogP contribution in [-0.2, 0) is 11.3 Å². The highest BCUT2D eigenvalue weighted by Gasteiger charge is 2.05. The van der Waals surface area contributed by atoms with Crippen LogP contribution in [0.3, 0.4) is 0 Å². The lowest BCUT2D eigenvalue weighted by molar-refractivity contribution is -0.117. The maximum atomic E-state index is 10.9. The van der Waals surface area contributed by atoms with Crippen molar-refractivity contribution in [1.82, 2.24) is 4.57 Å². The lowest BCUT2D eigenvalue weighted by Crippen LogP contribution is -2.00. The summed E-state index contributed by atoms with van der Waals surface area (Å²) in [5, 5.41) is 1.20. The van der Waals surface area contributed by atoms with Crippen LogP contribution in [0, 0.1) is 0 Å². The smallest absolute Gasteiger partial charge is 0.131 e. The number of carbonyl (C=O) groups is 1. The zero-order chi connectivity index (χ0) is 10.8. The van der Waals surface area contributed by atoms with E-state index in [1.807, 2.05) is 18.3 Å². The van der Waals surface area contributed by atoms with Crippen LogP contribution in [0.5, 0.6) is 0 Å². The molecule has 0 saturated carbocycles. The van der Waals surface area contributed by atoms with Crippen LogP contribution >= 0.6 is 15.9 Å². The van der Waals surface area contributed by atoms with Gasteiger partial charge in [0.05, 0.1) is 0 Å². The quantitative estimate of drug-likeness (QED) is 0.834. The van der Waals surface area contributed by atoms with Crippen molar-refractivity contribution in [2.24, 2.45) is 0 Å². The maximum absolute atomic E-state index is 10.9. The van der Waals surface area contributed by atoms with E-state index in [4.69, 9.17) is 0 Å². The number of ketones is 1. The summed E-state index contributed by atoms with van der Waals surface area (Å²) in [7, 11) is 0. The van der Waals surface area contributed by atoms with Crippen LogP contribution < -0.4 is 0 Å². The fourth-order valence-electron chi connectivity index (χ4n) is 1.66. The summed E-state index contributed by atoms with van der Waals surface area (Å²) < 4.78 is 3.20. The number of aryl methyl sites for hydroxylation is 1. The van der Waals surface area contributed by atoms with Crippen LogP contribution in [0.25, 0.3) is 10.9 Å². The van der Waals surface area contributed by atoms with Crippen LogP contribution in [0.15, 0.2) is 34.9 Å². The van der Waals surface area contributed by atoms with Crippen molar-refractivity contribution in [2.45, 2.75) is 19.9 Å². The Morgan fingerprint density at radius 1 is 1.40 bits per heavy atom. The van der Waals surface area contributed by atoms with Crippen molar-refractivity contribution in [3.05, 3.63) is 34.9 Å². The third-order valence-electron chi connectivity index (χ3n) is 2.44. The van der Waals surface area contributed by atoms with Crippen molar-refractivity contribution < 1.29 is 4.79 Å². The second-order valence-corrected chi connectivity index (χ2v) is 4.49. The first-order valence-electron chi connectivity index (χ1n) is 4.91. The molecule has 78 valence electrons. The highest BCUT2D eigenvalue weighted by atomic mass is 79.9. The molecule has 0 bridgehead atoms. The normalized spacial score (nSPS) is 10.8. The molecule has 2 rings (SSSR count). The first-order chi connectivity index (χ1) is 7.18. The van der Waals surface area contributed by atoms with Gasteiger partial charge in [-0.1, -0.05) is 18.2 Å². The van der Waals surface area contributed by atoms with Gasteiger partial charge in [0, 0.05) is 34.5 Å². The molecule has 0 aliphatic heterocycles. The molecular weight excluding hydrogens is 254 g/mol. The Kier molecular flexibility index (Phi) is 2.91. The van der Waals surface area contributed by atoms with E-state index in [0.717, 1.165) is 11.0 Å². The van der Waals surface area contributed by atoms with Gasteiger partial charge in [0.2, 0.25) is 0 Å². The van der Waals surface area contributed by atoms with Crippen LogP contribution in [0.4, 0.5) is 0 Å². The van der Waals surface area contributed by atoms with Gasteiger partial charge in [-0.2, -0.15) is 0 Å². The third-order valence-corrected chi connectivity index (χ3v) is 3.08. The second kappa shape index (κ2) is 4.19. The number of Topliss-reactive ketones (excluding diaryl/α,β-unsaturated/α-hetero) is 1. The van der Waals surface area contributed by atoms with E-state index in [9.17, 15) is 4.79 Å².